The molecule has 2 aromatic rings. The number of benzene rings is 1. The van der Waals surface area contributed by atoms with Gasteiger partial charge in [0.1, 0.15) is 5.82 Å². The second kappa shape index (κ2) is 6.69. The van der Waals surface area contributed by atoms with Crippen molar-refractivity contribution in [2.75, 3.05) is 12.5 Å². The van der Waals surface area contributed by atoms with Gasteiger partial charge < -0.3 is 4.74 Å². The van der Waals surface area contributed by atoms with Crippen molar-refractivity contribution in [3.05, 3.63) is 53.2 Å². The van der Waals surface area contributed by atoms with Crippen LogP contribution in [0.15, 0.2) is 30.5 Å². The number of aromatic nitrogens is 1. The van der Waals surface area contributed by atoms with Gasteiger partial charge in [0.2, 0.25) is 5.88 Å². The van der Waals surface area contributed by atoms with E-state index in [1.165, 1.54) is 7.11 Å². The van der Waals surface area contributed by atoms with Crippen LogP contribution < -0.4 is 15.6 Å². The van der Waals surface area contributed by atoms with Crippen molar-refractivity contribution in [1.82, 2.24) is 10.4 Å². The molecule has 0 spiro atoms. The molecule has 1 aromatic carbocycles. The number of hydrogen-bond donors (Lipinski definition) is 2. The number of alkyl halides is 3. The monoisotopic (exact) mass is 347 g/mol. The Morgan fingerprint density at radius 1 is 1.17 bits per heavy atom. The predicted octanol–water partition coefficient (Wildman–Crippen LogP) is 3.14. The minimum Gasteiger partial charge on any atom is -0.479 e. The maximum atomic E-state index is 13.4. The molecular formula is C14H10F5N3O2. The smallest absolute Gasteiger partial charge is 0.419 e. The SMILES string of the molecule is COc1ncc(NNC(=O)c2ccc(F)c(C(F)(F)F)c2)cc1F. The summed E-state index contributed by atoms with van der Waals surface area (Å²) in [6.07, 6.45) is -3.80. The van der Waals surface area contributed by atoms with Gasteiger partial charge in [-0.25, -0.2) is 13.8 Å². The zero-order chi connectivity index (χ0) is 17.9. The molecule has 0 unspecified atom stereocenters. The minimum atomic E-state index is -4.93. The topological polar surface area (TPSA) is 63.2 Å². The highest BCUT2D eigenvalue weighted by molar-refractivity contribution is 5.95. The number of hydrogen-bond acceptors (Lipinski definition) is 4. The van der Waals surface area contributed by atoms with Crippen LogP contribution in [0, 0.1) is 11.6 Å². The maximum Gasteiger partial charge on any atom is 0.419 e. The molecule has 0 radical (unpaired) electrons. The van der Waals surface area contributed by atoms with Crippen LogP contribution in [0.3, 0.4) is 0 Å². The lowest BCUT2D eigenvalue weighted by Gasteiger charge is -2.12. The number of rotatable bonds is 4. The van der Waals surface area contributed by atoms with Crippen LogP contribution in [-0.4, -0.2) is 18.0 Å². The van der Waals surface area contributed by atoms with E-state index in [0.29, 0.717) is 12.1 Å². The number of nitrogens with one attached hydrogen (secondary N) is 2. The molecule has 0 aliphatic rings. The van der Waals surface area contributed by atoms with Crippen molar-refractivity contribution in [1.29, 1.82) is 0 Å². The molecular weight excluding hydrogens is 337 g/mol. The summed E-state index contributed by atoms with van der Waals surface area (Å²) >= 11 is 0. The number of carbonyl (C=O) groups excluding carboxylic acids is 1. The van der Waals surface area contributed by atoms with E-state index in [0.717, 1.165) is 18.3 Å². The van der Waals surface area contributed by atoms with E-state index in [1.807, 2.05) is 0 Å². The molecule has 0 aliphatic carbocycles. The van der Waals surface area contributed by atoms with Gasteiger partial charge >= 0.3 is 6.18 Å². The highest BCUT2D eigenvalue weighted by Crippen LogP contribution is 2.31. The Kier molecular flexibility index (Phi) is 4.86. The van der Waals surface area contributed by atoms with E-state index in [1.54, 1.807) is 0 Å². The van der Waals surface area contributed by atoms with Gasteiger partial charge in [-0.3, -0.25) is 15.6 Å². The first-order valence-corrected chi connectivity index (χ1v) is 6.35. The van der Waals surface area contributed by atoms with Crippen LogP contribution in [0.1, 0.15) is 15.9 Å². The molecule has 0 fully saturated rings. The Bertz CT molecular complexity index is 765. The first kappa shape index (κ1) is 17.4. The van der Waals surface area contributed by atoms with E-state index in [2.05, 4.69) is 20.6 Å². The summed E-state index contributed by atoms with van der Waals surface area (Å²) in [6.45, 7) is 0. The number of amides is 1. The Morgan fingerprint density at radius 2 is 1.88 bits per heavy atom. The van der Waals surface area contributed by atoms with Crippen molar-refractivity contribution in [2.45, 2.75) is 6.18 Å². The van der Waals surface area contributed by atoms with E-state index < -0.39 is 34.8 Å². The molecule has 0 atom stereocenters. The Morgan fingerprint density at radius 3 is 2.46 bits per heavy atom. The number of halogens is 5. The zero-order valence-corrected chi connectivity index (χ0v) is 12.0. The fourth-order valence-electron chi connectivity index (χ4n) is 1.73. The van der Waals surface area contributed by atoms with Crippen molar-refractivity contribution < 1.29 is 31.5 Å². The highest BCUT2D eigenvalue weighted by Gasteiger charge is 2.34. The van der Waals surface area contributed by atoms with Gasteiger partial charge in [0.05, 0.1) is 24.6 Å². The van der Waals surface area contributed by atoms with Crippen molar-refractivity contribution >= 4 is 11.6 Å². The van der Waals surface area contributed by atoms with Crippen LogP contribution >= 0.6 is 0 Å². The van der Waals surface area contributed by atoms with E-state index in [4.69, 9.17) is 0 Å². The van der Waals surface area contributed by atoms with Gasteiger partial charge in [0.15, 0.2) is 5.82 Å². The van der Waals surface area contributed by atoms with Crippen LogP contribution in [0.25, 0.3) is 0 Å². The van der Waals surface area contributed by atoms with E-state index >= 15 is 0 Å². The summed E-state index contributed by atoms with van der Waals surface area (Å²) in [5.41, 5.74) is 2.36. The fourth-order valence-corrected chi connectivity index (χ4v) is 1.73. The summed E-state index contributed by atoms with van der Waals surface area (Å²) in [5, 5.41) is 0. The predicted molar refractivity (Wildman–Crippen MR) is 73.2 cm³/mol. The maximum absolute atomic E-state index is 13.4. The minimum absolute atomic E-state index is 0.0276. The molecule has 0 saturated carbocycles. The molecule has 1 amide bonds. The molecule has 0 aliphatic heterocycles. The molecule has 1 heterocycles. The molecule has 2 N–H and O–H groups in total. The van der Waals surface area contributed by atoms with Gasteiger partial charge in [-0.1, -0.05) is 0 Å². The summed E-state index contributed by atoms with van der Waals surface area (Å²) in [6, 6.07) is 2.75. The first-order valence-electron chi connectivity index (χ1n) is 6.35. The van der Waals surface area contributed by atoms with E-state index in [9.17, 15) is 26.7 Å². The Balaban J connectivity index is 2.12. The Labute approximate surface area is 132 Å². The van der Waals surface area contributed by atoms with Gasteiger partial charge in [0.25, 0.3) is 5.91 Å². The summed E-state index contributed by atoms with van der Waals surface area (Å²) in [7, 11) is 1.22. The number of nitrogens with zero attached hydrogens (tertiary/aromatic N) is 1. The third-order valence-electron chi connectivity index (χ3n) is 2.86. The highest BCUT2D eigenvalue weighted by atomic mass is 19.4. The number of ether oxygens (including phenoxy) is 1. The zero-order valence-electron chi connectivity index (χ0n) is 12.0. The average molecular weight is 347 g/mol. The summed E-state index contributed by atoms with van der Waals surface area (Å²) in [5.74, 6) is -3.54. The molecule has 10 heteroatoms. The fraction of sp³-hybridized carbons (Fsp3) is 0.143. The van der Waals surface area contributed by atoms with Crippen LogP contribution in [0.5, 0.6) is 5.88 Å². The largest absolute Gasteiger partial charge is 0.479 e. The van der Waals surface area contributed by atoms with Crippen molar-refractivity contribution in [2.24, 2.45) is 0 Å². The lowest BCUT2D eigenvalue weighted by Crippen LogP contribution is -2.29. The quantitative estimate of drug-likeness (QED) is 0.659. The lowest BCUT2D eigenvalue weighted by atomic mass is 10.1. The third kappa shape index (κ3) is 3.89. The standard InChI is InChI=1S/C14H10F5N3O2/c1-24-13-11(16)5-8(6-20-13)21-22-12(23)7-2-3-10(15)9(4-7)14(17,18)19/h2-6,21H,1H3,(H,22,23). The molecule has 5 nitrogen and oxygen atoms in total. The molecule has 0 saturated heterocycles. The second-order valence-corrected chi connectivity index (χ2v) is 4.49. The average Bonchev–Trinajstić information content (AvgIpc) is 2.52. The van der Waals surface area contributed by atoms with Crippen molar-refractivity contribution in [3.63, 3.8) is 0 Å². The van der Waals surface area contributed by atoms with Crippen LogP contribution in [0.2, 0.25) is 0 Å². The normalized spacial score (nSPS) is 11.1. The number of pyridine rings is 1. The summed E-state index contributed by atoms with van der Waals surface area (Å²) < 4.78 is 69.0. The van der Waals surface area contributed by atoms with Gasteiger partial charge in [0, 0.05) is 11.6 Å². The van der Waals surface area contributed by atoms with Gasteiger partial charge in [-0.2, -0.15) is 13.2 Å². The molecule has 1 aromatic heterocycles. The molecule has 24 heavy (non-hydrogen) atoms. The van der Waals surface area contributed by atoms with Crippen LogP contribution in [0.4, 0.5) is 27.6 Å². The molecule has 128 valence electrons. The van der Waals surface area contributed by atoms with Gasteiger partial charge in [-0.15, -0.1) is 0 Å². The molecule has 2 rings (SSSR count). The van der Waals surface area contributed by atoms with Crippen molar-refractivity contribution in [3.8, 4) is 5.88 Å². The number of methoxy groups -OCH3 is 1. The first-order chi connectivity index (χ1) is 11.2. The number of anilines is 1. The summed E-state index contributed by atoms with van der Waals surface area (Å²) in [4.78, 5) is 15.4. The number of hydrazine groups is 1. The molecule has 0 bridgehead atoms. The van der Waals surface area contributed by atoms with Gasteiger partial charge in [-0.05, 0) is 18.2 Å². The Hall–Kier alpha value is -2.91. The number of carbonyl (C=O) groups is 1. The second-order valence-electron chi connectivity index (χ2n) is 4.49. The van der Waals surface area contributed by atoms with Crippen LogP contribution in [-0.2, 0) is 6.18 Å². The third-order valence-corrected chi connectivity index (χ3v) is 2.86. The van der Waals surface area contributed by atoms with E-state index in [-0.39, 0.29) is 11.6 Å². The lowest BCUT2D eigenvalue weighted by molar-refractivity contribution is -0.140.